The van der Waals surface area contributed by atoms with Crippen LogP contribution in [0.1, 0.15) is 23.1 Å². The molecule has 3 rings (SSSR count). The average Bonchev–Trinajstić information content (AvgIpc) is 2.74. The molecule has 7 nitrogen and oxygen atoms in total. The first-order chi connectivity index (χ1) is 14.0. The van der Waals surface area contributed by atoms with Gasteiger partial charge in [0.15, 0.2) is 0 Å². The normalized spacial score (nSPS) is 10.3. The van der Waals surface area contributed by atoms with Crippen molar-refractivity contribution in [2.24, 2.45) is 0 Å². The quantitative estimate of drug-likeness (QED) is 0.649. The molecule has 0 unspecified atom stereocenters. The van der Waals surface area contributed by atoms with Crippen LogP contribution in [-0.4, -0.2) is 36.6 Å². The Balaban J connectivity index is 1.93. The largest absolute Gasteiger partial charge is 0.497 e. The number of aromatic nitrogens is 2. The molecule has 7 heteroatoms. The van der Waals surface area contributed by atoms with E-state index >= 15 is 0 Å². The summed E-state index contributed by atoms with van der Waals surface area (Å²) in [5.74, 6) is 1.26. The summed E-state index contributed by atoms with van der Waals surface area (Å²) < 4.78 is 10.6. The molecule has 0 radical (unpaired) electrons. The molecule has 0 saturated heterocycles. The first-order valence-electron chi connectivity index (χ1n) is 9.27. The summed E-state index contributed by atoms with van der Waals surface area (Å²) in [4.78, 5) is 23.9. The van der Waals surface area contributed by atoms with Crippen molar-refractivity contribution in [2.75, 3.05) is 31.0 Å². The highest BCUT2D eigenvalue weighted by Gasteiger charge is 2.17. The van der Waals surface area contributed by atoms with Crippen LogP contribution in [0.4, 0.5) is 17.3 Å². The molecule has 0 aliphatic carbocycles. The predicted molar refractivity (Wildman–Crippen MR) is 113 cm³/mol. The van der Waals surface area contributed by atoms with E-state index in [1.54, 1.807) is 38.5 Å². The van der Waals surface area contributed by atoms with Gasteiger partial charge < -0.3 is 19.7 Å². The molecule has 1 amide bonds. The Hall–Kier alpha value is -3.61. The van der Waals surface area contributed by atoms with Gasteiger partial charge in [0.25, 0.3) is 5.91 Å². The van der Waals surface area contributed by atoms with Gasteiger partial charge in [-0.25, -0.2) is 9.97 Å². The zero-order valence-electron chi connectivity index (χ0n) is 17.0. The number of nitrogens with zero attached hydrogens (tertiary/aromatic N) is 3. The van der Waals surface area contributed by atoms with E-state index in [2.05, 4.69) is 15.3 Å². The van der Waals surface area contributed by atoms with E-state index in [1.807, 2.05) is 49.1 Å². The zero-order chi connectivity index (χ0) is 20.8. The Labute approximate surface area is 170 Å². The number of nitrogens with one attached hydrogen (secondary N) is 1. The number of carbonyl (C=O) groups is 1. The molecule has 1 heterocycles. The highest BCUT2D eigenvalue weighted by atomic mass is 16.5. The number of benzene rings is 2. The van der Waals surface area contributed by atoms with Gasteiger partial charge in [0.2, 0.25) is 5.95 Å². The Kier molecular flexibility index (Phi) is 6.29. The predicted octanol–water partition coefficient (Wildman–Crippen LogP) is 4.21. The van der Waals surface area contributed by atoms with Crippen LogP contribution in [-0.2, 0) is 0 Å². The Morgan fingerprint density at radius 2 is 1.79 bits per heavy atom. The standard InChI is InChI=1S/C22H24N4O3/c1-5-26(16-9-7-6-8-10-16)22-23-15(2)13-19(25-22)21(27)24-18-14-17(28-3)11-12-20(18)29-4/h6-14H,5H2,1-4H3,(H,24,27). The first-order valence-corrected chi connectivity index (χ1v) is 9.27. The van der Waals surface area contributed by atoms with Gasteiger partial charge in [0, 0.05) is 24.0 Å². The number of carbonyl (C=O) groups excluding carboxylic acids is 1. The highest BCUT2D eigenvalue weighted by molar-refractivity contribution is 6.04. The second kappa shape index (κ2) is 9.05. The molecule has 0 bridgehead atoms. The van der Waals surface area contributed by atoms with Crippen molar-refractivity contribution >= 4 is 23.2 Å². The molecule has 0 atom stereocenters. The molecule has 1 N–H and O–H groups in total. The van der Waals surface area contributed by atoms with E-state index < -0.39 is 0 Å². The molecular weight excluding hydrogens is 368 g/mol. The zero-order valence-corrected chi connectivity index (χ0v) is 17.0. The molecule has 29 heavy (non-hydrogen) atoms. The van der Waals surface area contributed by atoms with Crippen LogP contribution in [0.25, 0.3) is 0 Å². The summed E-state index contributed by atoms with van der Waals surface area (Å²) in [6.45, 7) is 4.52. The summed E-state index contributed by atoms with van der Waals surface area (Å²) in [6.07, 6.45) is 0. The van der Waals surface area contributed by atoms with Gasteiger partial charge in [-0.05, 0) is 44.2 Å². The van der Waals surface area contributed by atoms with E-state index in [1.165, 1.54) is 0 Å². The third-order valence-electron chi connectivity index (χ3n) is 4.36. The minimum absolute atomic E-state index is 0.270. The Morgan fingerprint density at radius 1 is 1.03 bits per heavy atom. The molecule has 0 aliphatic heterocycles. The second-order valence-electron chi connectivity index (χ2n) is 6.29. The van der Waals surface area contributed by atoms with Crippen LogP contribution in [0.2, 0.25) is 0 Å². The van der Waals surface area contributed by atoms with Crippen LogP contribution in [0, 0.1) is 6.92 Å². The van der Waals surface area contributed by atoms with Gasteiger partial charge in [-0.15, -0.1) is 0 Å². The van der Waals surface area contributed by atoms with Crippen molar-refractivity contribution in [1.82, 2.24) is 9.97 Å². The van der Waals surface area contributed by atoms with E-state index in [0.29, 0.717) is 35.4 Å². The van der Waals surface area contributed by atoms with Crippen LogP contribution in [0.5, 0.6) is 11.5 Å². The summed E-state index contributed by atoms with van der Waals surface area (Å²) in [5, 5.41) is 2.85. The first kappa shape index (κ1) is 20.1. The average molecular weight is 392 g/mol. The number of aryl methyl sites for hydroxylation is 1. The molecule has 1 aromatic heterocycles. The van der Waals surface area contributed by atoms with Crippen molar-refractivity contribution in [3.63, 3.8) is 0 Å². The molecule has 2 aromatic carbocycles. The summed E-state index contributed by atoms with van der Waals surface area (Å²) in [7, 11) is 3.11. The summed E-state index contributed by atoms with van der Waals surface area (Å²) in [6, 6.07) is 16.7. The third kappa shape index (κ3) is 4.63. The van der Waals surface area contributed by atoms with Crippen LogP contribution in [0.15, 0.2) is 54.6 Å². The monoisotopic (exact) mass is 392 g/mol. The van der Waals surface area contributed by atoms with Gasteiger partial charge in [0.05, 0.1) is 19.9 Å². The minimum atomic E-state index is -0.354. The summed E-state index contributed by atoms with van der Waals surface area (Å²) >= 11 is 0. The lowest BCUT2D eigenvalue weighted by molar-refractivity contribution is 0.102. The third-order valence-corrected chi connectivity index (χ3v) is 4.36. The maximum absolute atomic E-state index is 12.9. The lowest BCUT2D eigenvalue weighted by atomic mass is 10.2. The molecule has 3 aromatic rings. The van der Waals surface area contributed by atoms with Crippen molar-refractivity contribution in [1.29, 1.82) is 0 Å². The molecule has 150 valence electrons. The smallest absolute Gasteiger partial charge is 0.274 e. The van der Waals surface area contributed by atoms with Crippen molar-refractivity contribution < 1.29 is 14.3 Å². The van der Waals surface area contributed by atoms with Crippen LogP contribution in [0.3, 0.4) is 0 Å². The number of para-hydroxylation sites is 1. The summed E-state index contributed by atoms with van der Waals surface area (Å²) in [5.41, 5.74) is 2.44. The van der Waals surface area contributed by atoms with Gasteiger partial charge in [0.1, 0.15) is 17.2 Å². The van der Waals surface area contributed by atoms with Crippen LogP contribution < -0.4 is 19.7 Å². The number of methoxy groups -OCH3 is 2. The Bertz CT molecular complexity index is 993. The fourth-order valence-electron chi connectivity index (χ4n) is 2.94. The van der Waals surface area contributed by atoms with Gasteiger partial charge in [-0.1, -0.05) is 18.2 Å². The molecular formula is C22H24N4O3. The lowest BCUT2D eigenvalue weighted by Crippen LogP contribution is -2.22. The number of amides is 1. The SMILES string of the molecule is CCN(c1ccccc1)c1nc(C)cc(C(=O)Nc2cc(OC)ccc2OC)n1. The number of hydrogen-bond acceptors (Lipinski definition) is 6. The van der Waals surface area contributed by atoms with E-state index in [4.69, 9.17) is 9.47 Å². The molecule has 0 spiro atoms. The number of rotatable bonds is 7. The second-order valence-corrected chi connectivity index (χ2v) is 6.29. The number of ether oxygens (including phenoxy) is 2. The molecule has 0 saturated carbocycles. The van der Waals surface area contributed by atoms with Crippen molar-refractivity contribution in [3.8, 4) is 11.5 Å². The van der Waals surface area contributed by atoms with Gasteiger partial charge in [-0.3, -0.25) is 4.79 Å². The molecule has 0 fully saturated rings. The van der Waals surface area contributed by atoms with Gasteiger partial charge in [-0.2, -0.15) is 0 Å². The lowest BCUT2D eigenvalue weighted by Gasteiger charge is -2.21. The topological polar surface area (TPSA) is 76.6 Å². The number of hydrogen-bond donors (Lipinski definition) is 1. The fraction of sp³-hybridized carbons (Fsp3) is 0.227. The maximum atomic E-state index is 12.9. The van der Waals surface area contributed by atoms with Crippen molar-refractivity contribution in [2.45, 2.75) is 13.8 Å². The van der Waals surface area contributed by atoms with Gasteiger partial charge >= 0.3 is 0 Å². The van der Waals surface area contributed by atoms with E-state index in [0.717, 1.165) is 5.69 Å². The van der Waals surface area contributed by atoms with E-state index in [9.17, 15) is 4.79 Å². The highest BCUT2D eigenvalue weighted by Crippen LogP contribution is 2.29. The fourth-order valence-corrected chi connectivity index (χ4v) is 2.94. The molecule has 0 aliphatic rings. The van der Waals surface area contributed by atoms with Crippen LogP contribution >= 0.6 is 0 Å². The Morgan fingerprint density at radius 3 is 2.45 bits per heavy atom. The van der Waals surface area contributed by atoms with E-state index in [-0.39, 0.29) is 11.6 Å². The van der Waals surface area contributed by atoms with Crippen molar-refractivity contribution in [3.05, 3.63) is 66.0 Å². The minimum Gasteiger partial charge on any atom is -0.497 e. The number of anilines is 3. The maximum Gasteiger partial charge on any atom is 0.274 e.